The molecular weight excluding hydrogens is 228 g/mol. The van der Waals surface area contributed by atoms with Gasteiger partial charge in [-0.15, -0.1) is 0 Å². The Bertz CT molecular complexity index is 393. The maximum atomic E-state index is 9.59. The van der Waals surface area contributed by atoms with Gasteiger partial charge in [-0.1, -0.05) is 20.8 Å². The van der Waals surface area contributed by atoms with E-state index in [1.807, 2.05) is 20.9 Å². The first-order valence-electron chi connectivity index (χ1n) is 6.47. The number of aliphatic hydroxyl groups is 1. The van der Waals surface area contributed by atoms with E-state index < -0.39 is 0 Å². The first-order chi connectivity index (χ1) is 8.49. The van der Waals surface area contributed by atoms with Crippen LogP contribution in [0.2, 0.25) is 0 Å². The molecule has 0 bridgehead atoms. The van der Waals surface area contributed by atoms with Crippen molar-refractivity contribution < 1.29 is 5.11 Å². The van der Waals surface area contributed by atoms with Gasteiger partial charge in [0, 0.05) is 25.1 Å². The lowest BCUT2D eigenvalue weighted by molar-refractivity contribution is 0.183. The second-order valence-corrected chi connectivity index (χ2v) is 4.75. The first-order valence-corrected chi connectivity index (χ1v) is 6.47. The van der Waals surface area contributed by atoms with Crippen molar-refractivity contribution in [1.29, 1.82) is 0 Å². The molecule has 1 aromatic rings. The molecule has 0 saturated carbocycles. The van der Waals surface area contributed by atoms with Gasteiger partial charge in [0.2, 0.25) is 0 Å². The Morgan fingerprint density at radius 2 is 1.83 bits per heavy atom. The van der Waals surface area contributed by atoms with E-state index in [1.165, 1.54) is 0 Å². The van der Waals surface area contributed by atoms with Crippen molar-refractivity contribution in [2.24, 2.45) is 0 Å². The maximum Gasteiger partial charge on any atom is 0.135 e. The average Bonchev–Trinajstić information content (AvgIpc) is 2.36. The Hall–Kier alpha value is -1.36. The standard InChI is InChI=1S/C13H24N4O/c1-6-10(18)7-15-13-9(4)12(14-5)16-11(17-13)8(2)3/h8,10,18H,6-7H2,1-5H3,(H2,14,15,16,17). The van der Waals surface area contributed by atoms with Gasteiger partial charge < -0.3 is 15.7 Å². The van der Waals surface area contributed by atoms with Crippen LogP contribution in [0.4, 0.5) is 11.6 Å². The van der Waals surface area contributed by atoms with Crippen LogP contribution < -0.4 is 10.6 Å². The van der Waals surface area contributed by atoms with Crippen LogP contribution >= 0.6 is 0 Å². The molecule has 0 amide bonds. The largest absolute Gasteiger partial charge is 0.391 e. The van der Waals surface area contributed by atoms with Crippen LogP contribution in [0.1, 0.15) is 44.5 Å². The quantitative estimate of drug-likeness (QED) is 0.723. The minimum Gasteiger partial charge on any atom is -0.391 e. The number of rotatable bonds is 6. The van der Waals surface area contributed by atoms with Crippen LogP contribution in [-0.2, 0) is 0 Å². The Labute approximate surface area is 109 Å². The van der Waals surface area contributed by atoms with E-state index in [2.05, 4.69) is 34.4 Å². The van der Waals surface area contributed by atoms with Gasteiger partial charge in [0.05, 0.1) is 6.10 Å². The number of nitrogens with zero attached hydrogens (tertiary/aromatic N) is 2. The molecule has 0 spiro atoms. The summed E-state index contributed by atoms with van der Waals surface area (Å²) in [5, 5.41) is 15.9. The zero-order valence-electron chi connectivity index (χ0n) is 11.9. The second kappa shape index (κ2) is 6.54. The topological polar surface area (TPSA) is 70.1 Å². The minimum atomic E-state index is -0.347. The van der Waals surface area contributed by atoms with Gasteiger partial charge in [0.15, 0.2) is 0 Å². The Morgan fingerprint density at radius 1 is 1.22 bits per heavy atom. The second-order valence-electron chi connectivity index (χ2n) is 4.75. The van der Waals surface area contributed by atoms with E-state index in [4.69, 9.17) is 0 Å². The number of hydrogen-bond acceptors (Lipinski definition) is 5. The molecule has 1 atom stereocenters. The van der Waals surface area contributed by atoms with Crippen LogP contribution in [0.3, 0.4) is 0 Å². The summed E-state index contributed by atoms with van der Waals surface area (Å²) in [4.78, 5) is 8.99. The molecule has 0 aliphatic heterocycles. The molecule has 0 aromatic carbocycles. The van der Waals surface area contributed by atoms with Crippen molar-refractivity contribution >= 4 is 11.6 Å². The van der Waals surface area contributed by atoms with E-state index >= 15 is 0 Å². The number of aromatic nitrogens is 2. The predicted molar refractivity (Wildman–Crippen MR) is 75.2 cm³/mol. The zero-order chi connectivity index (χ0) is 13.7. The number of aliphatic hydroxyl groups excluding tert-OH is 1. The highest BCUT2D eigenvalue weighted by Crippen LogP contribution is 2.22. The molecule has 0 fully saturated rings. The molecule has 0 saturated heterocycles. The van der Waals surface area contributed by atoms with E-state index in [1.54, 1.807) is 0 Å². The summed E-state index contributed by atoms with van der Waals surface area (Å²) < 4.78 is 0. The Morgan fingerprint density at radius 3 is 2.33 bits per heavy atom. The monoisotopic (exact) mass is 252 g/mol. The van der Waals surface area contributed by atoms with Gasteiger partial charge in [0.25, 0.3) is 0 Å². The number of hydrogen-bond donors (Lipinski definition) is 3. The smallest absolute Gasteiger partial charge is 0.135 e. The van der Waals surface area contributed by atoms with Crippen molar-refractivity contribution in [3.05, 3.63) is 11.4 Å². The molecule has 1 rings (SSSR count). The molecule has 5 nitrogen and oxygen atoms in total. The highest BCUT2D eigenvalue weighted by atomic mass is 16.3. The lowest BCUT2D eigenvalue weighted by Crippen LogP contribution is -2.20. The normalized spacial score (nSPS) is 12.6. The highest BCUT2D eigenvalue weighted by molar-refractivity contribution is 5.57. The van der Waals surface area contributed by atoms with Crippen LogP contribution in [-0.4, -0.2) is 34.8 Å². The van der Waals surface area contributed by atoms with Crippen LogP contribution in [0.5, 0.6) is 0 Å². The van der Waals surface area contributed by atoms with Gasteiger partial charge in [-0.25, -0.2) is 9.97 Å². The highest BCUT2D eigenvalue weighted by Gasteiger charge is 2.12. The lowest BCUT2D eigenvalue weighted by atomic mass is 10.2. The third kappa shape index (κ3) is 3.57. The molecule has 0 aliphatic rings. The van der Waals surface area contributed by atoms with Crippen molar-refractivity contribution in [2.45, 2.75) is 46.1 Å². The summed E-state index contributed by atoms with van der Waals surface area (Å²) in [5.74, 6) is 2.71. The molecular formula is C13H24N4O. The third-order valence-corrected chi connectivity index (χ3v) is 2.89. The van der Waals surface area contributed by atoms with Gasteiger partial charge in [-0.3, -0.25) is 0 Å². The molecule has 3 N–H and O–H groups in total. The van der Waals surface area contributed by atoms with E-state index in [-0.39, 0.29) is 12.0 Å². The summed E-state index contributed by atoms with van der Waals surface area (Å²) in [5.41, 5.74) is 0.977. The van der Waals surface area contributed by atoms with Crippen LogP contribution in [0.15, 0.2) is 0 Å². The van der Waals surface area contributed by atoms with Gasteiger partial charge in [0.1, 0.15) is 17.5 Å². The number of nitrogens with one attached hydrogen (secondary N) is 2. The molecule has 1 heterocycles. The summed E-state index contributed by atoms with van der Waals surface area (Å²) in [7, 11) is 1.85. The van der Waals surface area contributed by atoms with E-state index in [0.29, 0.717) is 6.54 Å². The van der Waals surface area contributed by atoms with Crippen molar-refractivity contribution in [2.75, 3.05) is 24.2 Å². The van der Waals surface area contributed by atoms with E-state index in [9.17, 15) is 5.11 Å². The van der Waals surface area contributed by atoms with Crippen molar-refractivity contribution in [3.8, 4) is 0 Å². The fourth-order valence-corrected chi connectivity index (χ4v) is 1.57. The summed E-state index contributed by atoms with van der Waals surface area (Å²) in [6.45, 7) is 8.56. The van der Waals surface area contributed by atoms with Gasteiger partial charge in [-0.2, -0.15) is 0 Å². The maximum absolute atomic E-state index is 9.59. The molecule has 1 aromatic heterocycles. The Balaban J connectivity index is 2.97. The SMILES string of the molecule is CCC(O)CNc1nc(C(C)C)nc(NC)c1C. The first kappa shape index (κ1) is 14.7. The fourth-order valence-electron chi connectivity index (χ4n) is 1.57. The fraction of sp³-hybridized carbons (Fsp3) is 0.692. The predicted octanol–water partition coefficient (Wildman–Crippen LogP) is 2.13. The van der Waals surface area contributed by atoms with Crippen LogP contribution in [0.25, 0.3) is 0 Å². The Kier molecular flexibility index (Phi) is 5.34. The van der Waals surface area contributed by atoms with Crippen molar-refractivity contribution in [3.63, 3.8) is 0 Å². The van der Waals surface area contributed by atoms with Gasteiger partial charge >= 0.3 is 0 Å². The summed E-state index contributed by atoms with van der Waals surface area (Å²) in [6.07, 6.45) is 0.382. The van der Waals surface area contributed by atoms with Crippen molar-refractivity contribution in [1.82, 2.24) is 9.97 Å². The molecule has 1 unspecified atom stereocenters. The molecule has 18 heavy (non-hydrogen) atoms. The molecule has 0 aliphatic carbocycles. The summed E-state index contributed by atoms with van der Waals surface area (Å²) >= 11 is 0. The third-order valence-electron chi connectivity index (χ3n) is 2.89. The van der Waals surface area contributed by atoms with Gasteiger partial charge in [-0.05, 0) is 13.3 Å². The molecule has 0 radical (unpaired) electrons. The zero-order valence-corrected chi connectivity index (χ0v) is 11.9. The summed E-state index contributed by atoms with van der Waals surface area (Å²) in [6, 6.07) is 0. The molecule has 102 valence electrons. The average molecular weight is 252 g/mol. The van der Waals surface area contributed by atoms with E-state index in [0.717, 1.165) is 29.4 Å². The molecule has 5 heteroatoms. The number of anilines is 2. The lowest BCUT2D eigenvalue weighted by Gasteiger charge is -2.16. The van der Waals surface area contributed by atoms with Crippen LogP contribution in [0, 0.1) is 6.92 Å². The minimum absolute atomic E-state index is 0.273.